The summed E-state index contributed by atoms with van der Waals surface area (Å²) in [5.41, 5.74) is 16.6. The van der Waals surface area contributed by atoms with Crippen molar-refractivity contribution >= 4 is 9.24 Å². The molecular weight excluding hydrogens is 415 g/mol. The average molecular weight is 449 g/mol. The van der Waals surface area contributed by atoms with E-state index in [4.69, 9.17) is 0 Å². The molecule has 0 N–H and O–H groups in total. The van der Waals surface area contributed by atoms with Crippen molar-refractivity contribution in [1.82, 2.24) is 0 Å². The van der Waals surface area contributed by atoms with E-state index in [9.17, 15) is 0 Å². The molecule has 1 aliphatic rings. The molecule has 166 valence electrons. The lowest BCUT2D eigenvalue weighted by atomic mass is 9.76. The van der Waals surface area contributed by atoms with Crippen molar-refractivity contribution in [3.05, 3.63) is 106 Å². The monoisotopic (exact) mass is 448 g/mol. The predicted octanol–water partition coefficient (Wildman–Crippen LogP) is 8.88. The molecule has 0 heterocycles. The van der Waals surface area contributed by atoms with Gasteiger partial charge in [-0.25, -0.2) is 0 Å². The minimum Gasteiger partial charge on any atom is -0.133 e. The first-order valence-corrected chi connectivity index (χ1v) is 12.9. The van der Waals surface area contributed by atoms with Gasteiger partial charge in [-0.2, -0.15) is 0 Å². The summed E-state index contributed by atoms with van der Waals surface area (Å²) in [7, 11) is 2.81. The molecule has 1 aliphatic carbocycles. The van der Waals surface area contributed by atoms with Crippen molar-refractivity contribution in [2.45, 2.75) is 52.6 Å². The van der Waals surface area contributed by atoms with Crippen LogP contribution in [0.15, 0.2) is 72.8 Å². The maximum Gasteiger partial charge on any atom is 0.0164 e. The average Bonchev–Trinajstić information content (AvgIpc) is 3.07. The Kier molecular flexibility index (Phi) is 5.54. The van der Waals surface area contributed by atoms with E-state index in [1.807, 2.05) is 0 Å². The Hall–Kier alpha value is -2.69. The lowest BCUT2D eigenvalue weighted by molar-refractivity contribution is 0.651. The van der Waals surface area contributed by atoms with Crippen LogP contribution in [0.2, 0.25) is 0 Å². The highest BCUT2D eigenvalue weighted by atomic mass is 31.0. The molecule has 0 aliphatic heterocycles. The summed E-state index contributed by atoms with van der Waals surface area (Å²) in [5, 5.41) is 0. The standard InChI is InChI=1S/C32H33P/c1-6-22-7-11-24(12-8-22)26-15-17-28-29-18-16-27(25-13-9-23(19-33)10-14-25)21(3)31(29)32(4,5)30(28)20(26)2/h7-18H,6,19,33H2,1-5H3. The van der Waals surface area contributed by atoms with Crippen molar-refractivity contribution in [3.8, 4) is 33.4 Å². The fourth-order valence-corrected chi connectivity index (χ4v) is 6.25. The summed E-state index contributed by atoms with van der Waals surface area (Å²) in [6.45, 7) is 11.6. The molecule has 5 rings (SSSR count). The third-order valence-electron chi connectivity index (χ3n) is 7.64. The number of aryl methyl sites for hydroxylation is 1. The lowest BCUT2D eigenvalue weighted by Gasteiger charge is -2.27. The van der Waals surface area contributed by atoms with Crippen molar-refractivity contribution in [2.24, 2.45) is 0 Å². The fourth-order valence-electron chi connectivity index (χ4n) is 5.97. The van der Waals surface area contributed by atoms with Gasteiger partial charge in [0.05, 0.1) is 0 Å². The van der Waals surface area contributed by atoms with Crippen LogP contribution in [0.4, 0.5) is 0 Å². The molecule has 0 bridgehead atoms. The molecule has 0 fully saturated rings. The molecule has 1 atom stereocenters. The molecule has 1 heteroatoms. The first kappa shape index (κ1) is 22.1. The van der Waals surface area contributed by atoms with Crippen molar-refractivity contribution in [2.75, 3.05) is 0 Å². The van der Waals surface area contributed by atoms with Crippen LogP contribution in [0.25, 0.3) is 33.4 Å². The fraction of sp³-hybridized carbons (Fsp3) is 0.250. The van der Waals surface area contributed by atoms with Gasteiger partial charge in [-0.15, -0.1) is 9.24 Å². The lowest BCUT2D eigenvalue weighted by Crippen LogP contribution is -2.18. The van der Waals surface area contributed by atoms with Gasteiger partial charge in [0.2, 0.25) is 0 Å². The highest BCUT2D eigenvalue weighted by Gasteiger charge is 2.39. The number of rotatable bonds is 4. The minimum atomic E-state index is -0.0335. The van der Waals surface area contributed by atoms with Gasteiger partial charge in [-0.1, -0.05) is 93.6 Å². The van der Waals surface area contributed by atoms with Crippen molar-refractivity contribution in [3.63, 3.8) is 0 Å². The van der Waals surface area contributed by atoms with Crippen LogP contribution in [-0.2, 0) is 18.0 Å². The minimum absolute atomic E-state index is 0.0335. The zero-order chi connectivity index (χ0) is 23.3. The Balaban J connectivity index is 1.65. The third kappa shape index (κ3) is 3.48. The highest BCUT2D eigenvalue weighted by molar-refractivity contribution is 7.15. The zero-order valence-electron chi connectivity index (χ0n) is 20.4. The molecule has 4 aromatic rings. The predicted molar refractivity (Wildman–Crippen MR) is 147 cm³/mol. The van der Waals surface area contributed by atoms with Gasteiger partial charge in [0, 0.05) is 5.41 Å². The van der Waals surface area contributed by atoms with Gasteiger partial charge in [0.1, 0.15) is 0 Å². The summed E-state index contributed by atoms with van der Waals surface area (Å²) < 4.78 is 0. The van der Waals surface area contributed by atoms with Crippen molar-refractivity contribution < 1.29 is 0 Å². The number of hydrogen-bond donors (Lipinski definition) is 0. The van der Waals surface area contributed by atoms with Gasteiger partial charge < -0.3 is 0 Å². The summed E-state index contributed by atoms with van der Waals surface area (Å²) in [6.07, 6.45) is 2.07. The molecule has 1 unspecified atom stereocenters. The normalized spacial score (nSPS) is 13.6. The molecule has 0 spiro atoms. The zero-order valence-corrected chi connectivity index (χ0v) is 21.6. The molecule has 4 aromatic carbocycles. The number of fused-ring (bicyclic) bond motifs is 3. The van der Waals surface area contributed by atoms with E-state index >= 15 is 0 Å². The molecule has 0 radical (unpaired) electrons. The quantitative estimate of drug-likeness (QED) is 0.273. The smallest absolute Gasteiger partial charge is 0.0164 e. The molecule has 0 aromatic heterocycles. The second-order valence-corrected chi connectivity index (χ2v) is 10.3. The van der Waals surface area contributed by atoms with Crippen LogP contribution >= 0.6 is 9.24 Å². The SMILES string of the molecule is CCc1ccc(-c2ccc3c(c2C)C(C)(C)c2c-3ccc(-c3ccc(CP)cc3)c2C)cc1. The van der Waals surface area contributed by atoms with Gasteiger partial charge >= 0.3 is 0 Å². The van der Waals surface area contributed by atoms with Crippen LogP contribution in [-0.4, -0.2) is 0 Å². The largest absolute Gasteiger partial charge is 0.133 e. The molecule has 0 saturated heterocycles. The third-order valence-corrected chi connectivity index (χ3v) is 8.12. The van der Waals surface area contributed by atoms with Crippen molar-refractivity contribution in [1.29, 1.82) is 0 Å². The molecule has 0 nitrogen and oxygen atoms in total. The van der Waals surface area contributed by atoms with E-state index in [0.717, 1.165) is 12.6 Å². The number of benzene rings is 4. The molecule has 0 amide bonds. The van der Waals surface area contributed by atoms with Crippen LogP contribution in [0.1, 0.15) is 54.2 Å². The maximum atomic E-state index is 2.81. The van der Waals surface area contributed by atoms with E-state index < -0.39 is 0 Å². The Bertz CT molecular complexity index is 1230. The van der Waals surface area contributed by atoms with E-state index in [2.05, 4.69) is 117 Å². The van der Waals surface area contributed by atoms with Crippen LogP contribution < -0.4 is 0 Å². The first-order valence-electron chi connectivity index (χ1n) is 12.0. The summed E-state index contributed by atoms with van der Waals surface area (Å²) in [5.74, 6) is 0. The van der Waals surface area contributed by atoms with E-state index in [1.54, 1.807) is 0 Å². The van der Waals surface area contributed by atoms with E-state index in [1.165, 1.54) is 66.8 Å². The van der Waals surface area contributed by atoms with E-state index in [0.29, 0.717) is 0 Å². The Labute approximate surface area is 201 Å². The second-order valence-electron chi connectivity index (χ2n) is 9.90. The molecular formula is C32H33P. The van der Waals surface area contributed by atoms with Gasteiger partial charge in [0.25, 0.3) is 0 Å². The Morgan fingerprint density at radius 3 is 1.36 bits per heavy atom. The second kappa shape index (κ2) is 8.27. The summed E-state index contributed by atoms with van der Waals surface area (Å²) in [4.78, 5) is 0. The molecule has 33 heavy (non-hydrogen) atoms. The summed E-state index contributed by atoms with van der Waals surface area (Å²) in [6, 6.07) is 27.5. The van der Waals surface area contributed by atoms with Crippen LogP contribution in [0.5, 0.6) is 0 Å². The van der Waals surface area contributed by atoms with E-state index in [-0.39, 0.29) is 5.41 Å². The Morgan fingerprint density at radius 1 is 0.576 bits per heavy atom. The van der Waals surface area contributed by atoms with Crippen LogP contribution in [0.3, 0.4) is 0 Å². The maximum absolute atomic E-state index is 2.81. The van der Waals surface area contributed by atoms with Crippen LogP contribution in [0, 0.1) is 13.8 Å². The van der Waals surface area contributed by atoms with Gasteiger partial charge in [-0.3, -0.25) is 0 Å². The Morgan fingerprint density at radius 2 is 0.970 bits per heavy atom. The topological polar surface area (TPSA) is 0 Å². The number of hydrogen-bond acceptors (Lipinski definition) is 0. The first-order chi connectivity index (χ1) is 15.9. The molecule has 0 saturated carbocycles. The van der Waals surface area contributed by atoms with Gasteiger partial charge in [-0.05, 0) is 93.2 Å². The van der Waals surface area contributed by atoms with Gasteiger partial charge in [0.15, 0.2) is 0 Å². The highest BCUT2D eigenvalue weighted by Crippen LogP contribution is 2.53. The summed E-state index contributed by atoms with van der Waals surface area (Å²) >= 11 is 0.